The summed E-state index contributed by atoms with van der Waals surface area (Å²) in [5.41, 5.74) is 7.84. The molecule has 2 nitrogen and oxygen atoms in total. The number of fused-ring (bicyclic) bond motifs is 3. The van der Waals surface area contributed by atoms with Gasteiger partial charge in [-0.05, 0) is 96.2 Å². The fourth-order valence-electron chi connectivity index (χ4n) is 6.71. The minimum absolute atomic E-state index is 0.254. The number of carbonyl (C=O) groups excluding carboxylic acids is 1. The van der Waals surface area contributed by atoms with Crippen molar-refractivity contribution in [2.75, 3.05) is 0 Å². The molecule has 1 N–H and O–H groups in total. The molecule has 0 aromatic heterocycles. The van der Waals surface area contributed by atoms with Gasteiger partial charge in [-0.15, -0.1) is 0 Å². The van der Waals surface area contributed by atoms with E-state index in [1.807, 2.05) is 42.5 Å². The Hall–Kier alpha value is -4.09. The van der Waals surface area contributed by atoms with Crippen LogP contribution in [0.3, 0.4) is 0 Å². The van der Waals surface area contributed by atoms with E-state index < -0.39 is 6.10 Å². The second-order valence-corrected chi connectivity index (χ2v) is 12.6. The number of hydrogen-bond donors (Lipinski definition) is 1. The number of hydrogen-bond acceptors (Lipinski definition) is 2. The second kappa shape index (κ2) is 9.74. The Bertz CT molecular complexity index is 2250. The van der Waals surface area contributed by atoms with E-state index in [2.05, 4.69) is 111 Å². The van der Waals surface area contributed by atoms with Gasteiger partial charge in [0.15, 0.2) is 5.78 Å². The molecule has 0 aliphatic heterocycles. The lowest BCUT2D eigenvalue weighted by molar-refractivity contribution is 0.0749. The largest absolute Gasteiger partial charge is 0.380 e. The molecule has 42 heavy (non-hydrogen) atoms. The molecule has 4 heteroatoms. The average molecular weight is 670 g/mol. The fraction of sp³-hybridized carbons (Fsp3) is 0.0263. The van der Waals surface area contributed by atoms with Gasteiger partial charge in [-0.2, -0.15) is 0 Å². The van der Waals surface area contributed by atoms with E-state index in [0.717, 1.165) is 74.6 Å². The first-order chi connectivity index (χ1) is 20.5. The summed E-state index contributed by atoms with van der Waals surface area (Å²) in [6, 6.07) is 41.5. The van der Waals surface area contributed by atoms with Gasteiger partial charge in [-0.3, -0.25) is 4.79 Å². The number of Topliss-reactive ketones (excluding diaryl/α,β-unsaturated/α-hetero) is 1. The molecule has 1 aliphatic rings. The Balaban J connectivity index is 1.72. The van der Waals surface area contributed by atoms with Gasteiger partial charge in [0.1, 0.15) is 6.10 Å². The lowest BCUT2D eigenvalue weighted by atomic mass is 9.77. The highest BCUT2D eigenvalue weighted by atomic mass is 79.9. The van der Waals surface area contributed by atoms with Gasteiger partial charge in [0, 0.05) is 19.9 Å². The Kier molecular flexibility index (Phi) is 5.94. The van der Waals surface area contributed by atoms with E-state index in [4.69, 9.17) is 0 Å². The van der Waals surface area contributed by atoms with Crippen LogP contribution in [0.15, 0.2) is 130 Å². The molecule has 1 unspecified atom stereocenters. The van der Waals surface area contributed by atoms with E-state index in [1.165, 1.54) is 0 Å². The Morgan fingerprint density at radius 1 is 0.500 bits per heavy atom. The van der Waals surface area contributed by atoms with Gasteiger partial charge in [-0.1, -0.05) is 123 Å². The molecule has 1 atom stereocenters. The van der Waals surface area contributed by atoms with Crippen molar-refractivity contribution in [2.45, 2.75) is 6.10 Å². The predicted octanol–water partition coefficient (Wildman–Crippen LogP) is 10.9. The van der Waals surface area contributed by atoms with Gasteiger partial charge >= 0.3 is 0 Å². The van der Waals surface area contributed by atoms with Crippen LogP contribution in [0.1, 0.15) is 22.0 Å². The smallest absolute Gasteiger partial charge is 0.196 e. The highest BCUT2D eigenvalue weighted by Crippen LogP contribution is 2.52. The monoisotopic (exact) mass is 668 g/mol. The van der Waals surface area contributed by atoms with Crippen LogP contribution in [0.4, 0.5) is 0 Å². The Morgan fingerprint density at radius 2 is 1.10 bits per heavy atom. The van der Waals surface area contributed by atoms with Crippen molar-refractivity contribution in [1.82, 2.24) is 0 Å². The van der Waals surface area contributed by atoms with Crippen molar-refractivity contribution >= 4 is 70.0 Å². The maximum absolute atomic E-state index is 13.5. The molecule has 7 aromatic rings. The molecule has 0 fully saturated rings. The van der Waals surface area contributed by atoms with E-state index >= 15 is 0 Å². The minimum atomic E-state index is -1.19. The summed E-state index contributed by atoms with van der Waals surface area (Å²) in [7, 11) is 0. The number of ketones is 1. The number of aliphatic hydroxyl groups excluding tert-OH is 1. The first-order valence-corrected chi connectivity index (χ1v) is 15.4. The number of halogens is 2. The van der Waals surface area contributed by atoms with Gasteiger partial charge in [-0.25, -0.2) is 0 Å². The number of benzene rings is 7. The summed E-state index contributed by atoms with van der Waals surface area (Å²) in [6.07, 6.45) is -1.19. The summed E-state index contributed by atoms with van der Waals surface area (Å²) >= 11 is 7.42. The standard InChI is InChI=1S/C38H22Br2O2/c39-24-12-4-10-22(18-24)31-20-30(21-8-2-1-3-9-21)32(23-11-5-13-25(40)19-23)36-27-15-7-17-29-34(27)33-26(35(31)36)14-6-16-28(33)37(41)38(29)42/h1-20,37,41H. The van der Waals surface area contributed by atoms with Crippen LogP contribution in [-0.4, -0.2) is 10.9 Å². The second-order valence-electron chi connectivity index (χ2n) is 10.7. The summed E-state index contributed by atoms with van der Waals surface area (Å²) in [5, 5.41) is 17.3. The van der Waals surface area contributed by atoms with Crippen LogP contribution >= 0.6 is 31.9 Å². The predicted molar refractivity (Wildman–Crippen MR) is 180 cm³/mol. The van der Waals surface area contributed by atoms with Crippen LogP contribution in [0, 0.1) is 0 Å². The van der Waals surface area contributed by atoms with Crippen LogP contribution in [0.2, 0.25) is 0 Å². The minimum Gasteiger partial charge on any atom is -0.380 e. The molecule has 8 rings (SSSR count). The average Bonchev–Trinajstić information content (AvgIpc) is 3.02. The summed E-state index contributed by atoms with van der Waals surface area (Å²) in [4.78, 5) is 13.5. The summed E-state index contributed by atoms with van der Waals surface area (Å²) < 4.78 is 2.00. The van der Waals surface area contributed by atoms with Gasteiger partial charge in [0.25, 0.3) is 0 Å². The van der Waals surface area contributed by atoms with Crippen molar-refractivity contribution < 1.29 is 9.90 Å². The molecule has 0 amide bonds. The fourth-order valence-corrected chi connectivity index (χ4v) is 7.51. The quantitative estimate of drug-likeness (QED) is 0.190. The third-order valence-electron chi connectivity index (χ3n) is 8.42. The topological polar surface area (TPSA) is 37.3 Å². The number of aliphatic hydroxyl groups is 1. The third-order valence-corrected chi connectivity index (χ3v) is 9.41. The molecule has 0 bridgehead atoms. The van der Waals surface area contributed by atoms with E-state index in [0.29, 0.717) is 11.1 Å². The molecule has 0 spiro atoms. The maximum Gasteiger partial charge on any atom is 0.196 e. The summed E-state index contributed by atoms with van der Waals surface area (Å²) in [6.45, 7) is 0. The van der Waals surface area contributed by atoms with Gasteiger partial charge in [0.2, 0.25) is 0 Å². The van der Waals surface area contributed by atoms with Crippen LogP contribution in [0.25, 0.3) is 65.7 Å². The summed E-state index contributed by atoms with van der Waals surface area (Å²) in [5.74, 6) is -0.254. The Morgan fingerprint density at radius 3 is 1.83 bits per heavy atom. The molecular weight excluding hydrogens is 648 g/mol. The van der Waals surface area contributed by atoms with Crippen molar-refractivity contribution in [1.29, 1.82) is 0 Å². The van der Waals surface area contributed by atoms with Crippen LogP contribution in [-0.2, 0) is 0 Å². The molecule has 0 saturated heterocycles. The van der Waals surface area contributed by atoms with Crippen molar-refractivity contribution in [2.24, 2.45) is 0 Å². The number of rotatable bonds is 3. The number of carbonyl (C=O) groups is 1. The normalized spacial score (nSPS) is 14.4. The van der Waals surface area contributed by atoms with Gasteiger partial charge < -0.3 is 5.11 Å². The highest BCUT2D eigenvalue weighted by molar-refractivity contribution is 9.10. The van der Waals surface area contributed by atoms with Gasteiger partial charge in [0.05, 0.1) is 0 Å². The molecular formula is C38H22Br2O2. The highest BCUT2D eigenvalue weighted by Gasteiger charge is 2.32. The third kappa shape index (κ3) is 3.76. The van der Waals surface area contributed by atoms with E-state index in [9.17, 15) is 9.90 Å². The zero-order valence-electron chi connectivity index (χ0n) is 22.2. The maximum atomic E-state index is 13.5. The first-order valence-electron chi connectivity index (χ1n) is 13.8. The van der Waals surface area contributed by atoms with Crippen molar-refractivity contribution in [3.05, 3.63) is 141 Å². The van der Waals surface area contributed by atoms with E-state index in [-0.39, 0.29) is 5.78 Å². The van der Waals surface area contributed by atoms with E-state index in [1.54, 1.807) is 0 Å². The molecule has 0 saturated carbocycles. The zero-order chi connectivity index (χ0) is 28.5. The molecule has 0 radical (unpaired) electrons. The lowest BCUT2D eigenvalue weighted by Crippen LogP contribution is -2.17. The zero-order valence-corrected chi connectivity index (χ0v) is 25.4. The molecule has 7 aromatic carbocycles. The van der Waals surface area contributed by atoms with Crippen molar-refractivity contribution in [3.8, 4) is 33.4 Å². The Labute approximate surface area is 259 Å². The molecule has 200 valence electrons. The molecule has 0 heterocycles. The van der Waals surface area contributed by atoms with Crippen LogP contribution < -0.4 is 0 Å². The SMILES string of the molecule is O=C1c2cccc3c2c2c(cccc2c2c(-c4cccc(Br)c4)cc(-c4ccccc4)c(-c4cccc(Br)c4)c32)C1O. The van der Waals surface area contributed by atoms with Crippen molar-refractivity contribution in [3.63, 3.8) is 0 Å². The van der Waals surface area contributed by atoms with Crippen LogP contribution in [0.5, 0.6) is 0 Å². The lowest BCUT2D eigenvalue weighted by Gasteiger charge is -2.26. The first kappa shape index (κ1) is 25.6. The molecule has 1 aliphatic carbocycles.